The van der Waals surface area contributed by atoms with Crippen LogP contribution in [-0.4, -0.2) is 70.2 Å². The highest BCUT2D eigenvalue weighted by Gasteiger charge is 2.42. The molecule has 2 amide bonds. The minimum Gasteiger partial charge on any atom is -0.484 e. The number of aryl methyl sites for hydroxylation is 1. The molecule has 3 heterocycles. The number of anilines is 1. The maximum Gasteiger partial charge on any atom is 0.258 e. The van der Waals surface area contributed by atoms with Crippen molar-refractivity contribution in [2.75, 3.05) is 38.5 Å². The zero-order chi connectivity index (χ0) is 20.4. The average Bonchev–Trinajstić information content (AvgIpc) is 3.13. The zero-order valence-electron chi connectivity index (χ0n) is 16.9. The molecule has 1 aromatic heterocycles. The van der Waals surface area contributed by atoms with E-state index in [0.29, 0.717) is 23.5 Å². The number of nitrogens with zero attached hydrogens (tertiary/aromatic N) is 4. The average molecular weight is 397 g/mol. The van der Waals surface area contributed by atoms with E-state index in [1.165, 1.54) is 0 Å². The van der Waals surface area contributed by atoms with Crippen molar-refractivity contribution in [1.29, 1.82) is 0 Å². The van der Waals surface area contributed by atoms with E-state index in [-0.39, 0.29) is 18.4 Å². The second kappa shape index (κ2) is 7.87. The third kappa shape index (κ3) is 4.12. The lowest BCUT2D eigenvalue weighted by Gasteiger charge is -2.41. The standard InChI is InChI=1S/C21H27N5O3/c1-3-26-13-16(12-22-26)23-19(27)14-25-15-21(8-10-24(2)11-9-21)29-18-7-5-4-6-17(18)20(25)28/h4-7,12-13H,3,8-11,14-15H2,1-2H3,(H,23,27). The second-order valence-corrected chi connectivity index (χ2v) is 7.88. The van der Waals surface area contributed by atoms with E-state index >= 15 is 0 Å². The Morgan fingerprint density at radius 3 is 2.76 bits per heavy atom. The Morgan fingerprint density at radius 2 is 2.03 bits per heavy atom. The summed E-state index contributed by atoms with van der Waals surface area (Å²) in [5.41, 5.74) is 0.669. The van der Waals surface area contributed by atoms with Gasteiger partial charge in [0.15, 0.2) is 0 Å². The van der Waals surface area contributed by atoms with Crippen molar-refractivity contribution in [2.24, 2.45) is 0 Å². The molecular weight excluding hydrogens is 370 g/mol. The van der Waals surface area contributed by atoms with Crippen LogP contribution in [0.15, 0.2) is 36.7 Å². The highest BCUT2D eigenvalue weighted by Crippen LogP contribution is 2.35. The Kier molecular flexibility index (Phi) is 5.27. The molecule has 154 valence electrons. The molecule has 0 radical (unpaired) electrons. The molecule has 1 saturated heterocycles. The van der Waals surface area contributed by atoms with Crippen molar-refractivity contribution in [3.05, 3.63) is 42.2 Å². The van der Waals surface area contributed by atoms with E-state index in [1.54, 1.807) is 28.0 Å². The highest BCUT2D eigenvalue weighted by atomic mass is 16.5. The number of hydrogen-bond donors (Lipinski definition) is 1. The van der Waals surface area contributed by atoms with Crippen LogP contribution < -0.4 is 10.1 Å². The van der Waals surface area contributed by atoms with Crippen LogP contribution in [-0.2, 0) is 11.3 Å². The topological polar surface area (TPSA) is 79.7 Å². The first-order valence-corrected chi connectivity index (χ1v) is 10.1. The van der Waals surface area contributed by atoms with Crippen LogP contribution >= 0.6 is 0 Å². The number of ether oxygens (including phenoxy) is 1. The van der Waals surface area contributed by atoms with Crippen molar-refractivity contribution in [2.45, 2.75) is 31.9 Å². The maximum absolute atomic E-state index is 13.2. The molecule has 8 heteroatoms. The summed E-state index contributed by atoms with van der Waals surface area (Å²) in [4.78, 5) is 29.8. The summed E-state index contributed by atoms with van der Waals surface area (Å²) >= 11 is 0. The van der Waals surface area contributed by atoms with Crippen molar-refractivity contribution >= 4 is 17.5 Å². The minimum absolute atomic E-state index is 0.0224. The molecule has 1 spiro atoms. The summed E-state index contributed by atoms with van der Waals surface area (Å²) in [6.45, 7) is 4.87. The first-order chi connectivity index (χ1) is 14.0. The van der Waals surface area contributed by atoms with Gasteiger partial charge in [0.05, 0.1) is 24.0 Å². The number of aromatic nitrogens is 2. The third-order valence-corrected chi connectivity index (χ3v) is 5.68. The molecule has 0 bridgehead atoms. The molecule has 8 nitrogen and oxygen atoms in total. The van der Waals surface area contributed by atoms with Gasteiger partial charge in [0, 0.05) is 38.7 Å². The number of piperidine rings is 1. The van der Waals surface area contributed by atoms with Gasteiger partial charge in [0.2, 0.25) is 5.91 Å². The first-order valence-electron chi connectivity index (χ1n) is 10.1. The van der Waals surface area contributed by atoms with E-state index < -0.39 is 5.60 Å². The Labute approximate surface area is 170 Å². The molecule has 1 aromatic carbocycles. The Bertz CT molecular complexity index is 901. The molecule has 0 saturated carbocycles. The lowest BCUT2D eigenvalue weighted by molar-refractivity contribution is -0.117. The van der Waals surface area contributed by atoms with Gasteiger partial charge >= 0.3 is 0 Å². The number of benzene rings is 1. The molecule has 2 aliphatic rings. The molecular formula is C21H27N5O3. The van der Waals surface area contributed by atoms with Gasteiger partial charge in [-0.2, -0.15) is 5.10 Å². The highest BCUT2D eigenvalue weighted by molar-refractivity contribution is 6.01. The van der Waals surface area contributed by atoms with Gasteiger partial charge < -0.3 is 19.9 Å². The van der Waals surface area contributed by atoms with Crippen LogP contribution in [0.4, 0.5) is 5.69 Å². The van der Waals surface area contributed by atoms with Gasteiger partial charge in [-0.3, -0.25) is 14.3 Å². The number of carbonyl (C=O) groups excluding carboxylic acids is 2. The van der Waals surface area contributed by atoms with E-state index in [1.807, 2.05) is 25.1 Å². The number of likely N-dealkylation sites (tertiary alicyclic amines) is 1. The molecule has 0 aliphatic carbocycles. The summed E-state index contributed by atoms with van der Waals surface area (Å²) in [6, 6.07) is 7.31. The van der Waals surface area contributed by atoms with Crippen LogP contribution in [0.5, 0.6) is 5.75 Å². The molecule has 1 fully saturated rings. The van der Waals surface area contributed by atoms with Gasteiger partial charge in [0.1, 0.15) is 17.9 Å². The van der Waals surface area contributed by atoms with E-state index in [4.69, 9.17) is 4.74 Å². The summed E-state index contributed by atoms with van der Waals surface area (Å²) < 4.78 is 8.16. The van der Waals surface area contributed by atoms with E-state index in [9.17, 15) is 9.59 Å². The van der Waals surface area contributed by atoms with Crippen LogP contribution in [0.3, 0.4) is 0 Å². The number of nitrogens with one attached hydrogen (secondary N) is 1. The molecule has 2 aromatic rings. The number of amides is 2. The molecule has 0 atom stereocenters. The van der Waals surface area contributed by atoms with Gasteiger partial charge in [-0.25, -0.2) is 0 Å². The summed E-state index contributed by atoms with van der Waals surface area (Å²) in [7, 11) is 2.09. The monoisotopic (exact) mass is 397 g/mol. The Balaban J connectivity index is 1.55. The third-order valence-electron chi connectivity index (χ3n) is 5.68. The first kappa shape index (κ1) is 19.4. The van der Waals surface area contributed by atoms with Crippen molar-refractivity contribution in [1.82, 2.24) is 19.6 Å². The Hall–Kier alpha value is -2.87. The van der Waals surface area contributed by atoms with Gasteiger partial charge in [-0.1, -0.05) is 12.1 Å². The SMILES string of the molecule is CCn1cc(NC(=O)CN2CC3(CCN(C)CC3)Oc3ccccc3C2=O)cn1. The smallest absolute Gasteiger partial charge is 0.258 e. The van der Waals surface area contributed by atoms with Crippen LogP contribution in [0.1, 0.15) is 30.1 Å². The second-order valence-electron chi connectivity index (χ2n) is 7.88. The van der Waals surface area contributed by atoms with Crippen molar-refractivity contribution < 1.29 is 14.3 Å². The van der Waals surface area contributed by atoms with Gasteiger partial charge in [-0.05, 0) is 26.1 Å². The molecule has 2 aliphatic heterocycles. The molecule has 4 rings (SSSR count). The number of para-hydroxylation sites is 1. The number of carbonyl (C=O) groups is 2. The lowest BCUT2D eigenvalue weighted by Crippen LogP contribution is -2.54. The lowest BCUT2D eigenvalue weighted by atomic mass is 9.90. The zero-order valence-corrected chi connectivity index (χ0v) is 16.9. The number of fused-ring (bicyclic) bond motifs is 1. The van der Waals surface area contributed by atoms with Crippen LogP contribution in [0.25, 0.3) is 0 Å². The fraction of sp³-hybridized carbons (Fsp3) is 0.476. The number of rotatable bonds is 4. The number of hydrogen-bond acceptors (Lipinski definition) is 5. The largest absolute Gasteiger partial charge is 0.484 e. The van der Waals surface area contributed by atoms with E-state index in [0.717, 1.165) is 32.5 Å². The quantitative estimate of drug-likeness (QED) is 0.852. The summed E-state index contributed by atoms with van der Waals surface area (Å²) in [5.74, 6) is 0.196. The minimum atomic E-state index is -0.470. The molecule has 0 unspecified atom stereocenters. The van der Waals surface area contributed by atoms with Crippen LogP contribution in [0.2, 0.25) is 0 Å². The molecule has 1 N–H and O–H groups in total. The predicted molar refractivity (Wildman–Crippen MR) is 109 cm³/mol. The van der Waals surface area contributed by atoms with Crippen molar-refractivity contribution in [3.8, 4) is 5.75 Å². The van der Waals surface area contributed by atoms with Crippen LogP contribution in [0, 0.1) is 0 Å². The Morgan fingerprint density at radius 1 is 1.28 bits per heavy atom. The normalized spacial score (nSPS) is 18.8. The van der Waals surface area contributed by atoms with Gasteiger partial charge in [0.25, 0.3) is 5.91 Å². The molecule has 29 heavy (non-hydrogen) atoms. The fourth-order valence-electron chi connectivity index (χ4n) is 3.98. The summed E-state index contributed by atoms with van der Waals surface area (Å²) in [6.07, 6.45) is 5.01. The maximum atomic E-state index is 13.2. The summed E-state index contributed by atoms with van der Waals surface area (Å²) in [5, 5.41) is 7.01. The van der Waals surface area contributed by atoms with Gasteiger partial charge in [-0.15, -0.1) is 0 Å². The fourth-order valence-corrected chi connectivity index (χ4v) is 3.98. The van der Waals surface area contributed by atoms with E-state index in [2.05, 4.69) is 22.4 Å². The predicted octanol–water partition coefficient (Wildman–Crippen LogP) is 1.84. The van der Waals surface area contributed by atoms with Crippen molar-refractivity contribution in [3.63, 3.8) is 0 Å².